The molecule has 2 N–H and O–H groups in total. The lowest BCUT2D eigenvalue weighted by atomic mass is 10.1. The Balaban J connectivity index is 1.79. The van der Waals surface area contributed by atoms with Gasteiger partial charge in [-0.15, -0.1) is 0 Å². The molecule has 1 heterocycles. The molecule has 0 aromatic heterocycles. The average molecular weight is 281 g/mol. The Kier molecular flexibility index (Phi) is 3.70. The third kappa shape index (κ3) is 2.73. The number of likely N-dealkylation sites (N-methyl/N-ethyl adjacent to an activating group) is 1. The van der Waals surface area contributed by atoms with Gasteiger partial charge in [0, 0.05) is 36.1 Å². The molecule has 0 radical (unpaired) electrons. The fourth-order valence-electron chi connectivity index (χ4n) is 3.06. The van der Waals surface area contributed by atoms with Crippen LogP contribution < -0.4 is 10.5 Å². The molecule has 2 aliphatic rings. The van der Waals surface area contributed by atoms with Crippen LogP contribution >= 0.6 is 11.6 Å². The number of fused-ring (bicyclic) bond motifs is 1. The van der Waals surface area contributed by atoms with Gasteiger partial charge in [-0.05, 0) is 43.5 Å². The van der Waals surface area contributed by atoms with Crippen LogP contribution in [0.15, 0.2) is 12.1 Å². The number of benzene rings is 1. The Morgan fingerprint density at radius 1 is 1.47 bits per heavy atom. The van der Waals surface area contributed by atoms with Gasteiger partial charge in [0.15, 0.2) is 0 Å². The van der Waals surface area contributed by atoms with Gasteiger partial charge in [0.1, 0.15) is 5.75 Å². The second kappa shape index (κ2) is 5.31. The molecule has 0 saturated heterocycles. The molecule has 0 amide bonds. The molecule has 1 saturated carbocycles. The molecule has 1 atom stereocenters. The maximum absolute atomic E-state index is 6.20. The van der Waals surface area contributed by atoms with Crippen molar-refractivity contribution < 1.29 is 4.74 Å². The number of halogens is 1. The zero-order valence-corrected chi connectivity index (χ0v) is 12.1. The monoisotopic (exact) mass is 280 g/mol. The number of hydrogen-bond acceptors (Lipinski definition) is 3. The molecule has 1 aromatic carbocycles. The molecular formula is C15H21ClN2O. The lowest BCUT2D eigenvalue weighted by Crippen LogP contribution is -2.39. The molecule has 0 bridgehead atoms. The highest BCUT2D eigenvalue weighted by atomic mass is 35.5. The molecule has 3 nitrogen and oxygen atoms in total. The van der Waals surface area contributed by atoms with E-state index in [1.807, 2.05) is 12.1 Å². The predicted octanol–water partition coefficient (Wildman–Crippen LogP) is 2.44. The standard InChI is InChI=1S/C15H21ClN2O/c1-18(14(8-17)10-2-3-10)9-12-7-13(16)6-11-4-5-19-15(11)12/h6-7,10,14H,2-5,8-9,17H2,1H3. The number of nitrogens with two attached hydrogens (primary N) is 1. The molecule has 3 rings (SSSR count). The molecule has 1 aliphatic carbocycles. The van der Waals surface area contributed by atoms with Crippen LogP contribution in [-0.2, 0) is 13.0 Å². The average Bonchev–Trinajstić information content (AvgIpc) is 3.07. The van der Waals surface area contributed by atoms with Gasteiger partial charge >= 0.3 is 0 Å². The quantitative estimate of drug-likeness (QED) is 0.900. The van der Waals surface area contributed by atoms with Crippen molar-refractivity contribution in [2.45, 2.75) is 31.8 Å². The number of rotatable bonds is 5. The van der Waals surface area contributed by atoms with E-state index in [9.17, 15) is 0 Å². The largest absolute Gasteiger partial charge is 0.493 e. The first-order chi connectivity index (χ1) is 9.19. The predicted molar refractivity (Wildman–Crippen MR) is 77.7 cm³/mol. The Morgan fingerprint density at radius 2 is 2.26 bits per heavy atom. The molecule has 1 fully saturated rings. The second-order valence-corrected chi connectivity index (χ2v) is 6.14. The van der Waals surface area contributed by atoms with E-state index in [2.05, 4.69) is 11.9 Å². The van der Waals surface area contributed by atoms with E-state index in [0.717, 1.165) is 42.8 Å². The third-order valence-corrected chi connectivity index (χ3v) is 4.44. The number of ether oxygens (including phenoxy) is 1. The third-order valence-electron chi connectivity index (χ3n) is 4.22. The van der Waals surface area contributed by atoms with Crippen LogP contribution in [0.2, 0.25) is 5.02 Å². The van der Waals surface area contributed by atoms with Crippen LogP contribution in [0.1, 0.15) is 24.0 Å². The van der Waals surface area contributed by atoms with Crippen molar-refractivity contribution in [3.8, 4) is 5.75 Å². The molecule has 1 aliphatic heterocycles. The van der Waals surface area contributed by atoms with E-state index in [0.29, 0.717) is 6.04 Å². The number of hydrogen-bond donors (Lipinski definition) is 1. The van der Waals surface area contributed by atoms with Crippen molar-refractivity contribution in [3.63, 3.8) is 0 Å². The topological polar surface area (TPSA) is 38.5 Å². The maximum Gasteiger partial charge on any atom is 0.127 e. The molecule has 19 heavy (non-hydrogen) atoms. The highest BCUT2D eigenvalue weighted by molar-refractivity contribution is 6.30. The van der Waals surface area contributed by atoms with Crippen LogP contribution in [-0.4, -0.2) is 31.1 Å². The lowest BCUT2D eigenvalue weighted by molar-refractivity contribution is 0.212. The fraction of sp³-hybridized carbons (Fsp3) is 0.600. The van der Waals surface area contributed by atoms with Gasteiger partial charge in [-0.3, -0.25) is 4.90 Å². The van der Waals surface area contributed by atoms with E-state index in [1.165, 1.54) is 24.0 Å². The smallest absolute Gasteiger partial charge is 0.127 e. The summed E-state index contributed by atoms with van der Waals surface area (Å²) in [6, 6.07) is 4.54. The van der Waals surface area contributed by atoms with Gasteiger partial charge in [-0.25, -0.2) is 0 Å². The summed E-state index contributed by atoms with van der Waals surface area (Å²) in [5, 5.41) is 0.809. The van der Waals surface area contributed by atoms with Gasteiger partial charge in [0.25, 0.3) is 0 Å². The minimum Gasteiger partial charge on any atom is -0.493 e. The zero-order chi connectivity index (χ0) is 13.4. The summed E-state index contributed by atoms with van der Waals surface area (Å²) in [6.07, 6.45) is 3.60. The van der Waals surface area contributed by atoms with Crippen LogP contribution in [0.3, 0.4) is 0 Å². The highest BCUT2D eigenvalue weighted by Gasteiger charge is 2.33. The maximum atomic E-state index is 6.20. The van der Waals surface area contributed by atoms with Crippen molar-refractivity contribution in [1.29, 1.82) is 0 Å². The van der Waals surface area contributed by atoms with E-state index in [1.54, 1.807) is 0 Å². The number of nitrogens with zero attached hydrogens (tertiary/aromatic N) is 1. The summed E-state index contributed by atoms with van der Waals surface area (Å²) in [6.45, 7) is 2.36. The van der Waals surface area contributed by atoms with Gasteiger partial charge in [0.05, 0.1) is 6.61 Å². The first-order valence-corrected chi connectivity index (χ1v) is 7.41. The van der Waals surface area contributed by atoms with E-state index in [-0.39, 0.29) is 0 Å². The summed E-state index contributed by atoms with van der Waals surface area (Å²) in [5.41, 5.74) is 8.35. The Hall–Kier alpha value is -0.770. The van der Waals surface area contributed by atoms with Gasteiger partial charge in [-0.2, -0.15) is 0 Å². The Labute approximate surface area is 119 Å². The minimum absolute atomic E-state index is 0.482. The molecule has 1 unspecified atom stereocenters. The first kappa shape index (κ1) is 13.2. The molecular weight excluding hydrogens is 260 g/mol. The minimum atomic E-state index is 0.482. The van der Waals surface area contributed by atoms with Crippen LogP contribution in [0, 0.1) is 5.92 Å². The van der Waals surface area contributed by atoms with Crippen molar-refractivity contribution in [1.82, 2.24) is 4.90 Å². The molecule has 1 aromatic rings. The van der Waals surface area contributed by atoms with Crippen molar-refractivity contribution in [2.75, 3.05) is 20.2 Å². The van der Waals surface area contributed by atoms with Crippen LogP contribution in [0.25, 0.3) is 0 Å². The SMILES string of the molecule is CN(Cc1cc(Cl)cc2c1OCC2)C(CN)C1CC1. The Morgan fingerprint density at radius 3 is 2.95 bits per heavy atom. The Bertz CT molecular complexity index is 473. The summed E-state index contributed by atoms with van der Waals surface area (Å²) < 4.78 is 5.76. The first-order valence-electron chi connectivity index (χ1n) is 7.03. The summed E-state index contributed by atoms with van der Waals surface area (Å²) in [4.78, 5) is 2.35. The lowest BCUT2D eigenvalue weighted by Gasteiger charge is -2.27. The zero-order valence-electron chi connectivity index (χ0n) is 11.4. The van der Waals surface area contributed by atoms with E-state index in [4.69, 9.17) is 22.1 Å². The summed E-state index contributed by atoms with van der Waals surface area (Å²) >= 11 is 6.20. The fourth-order valence-corrected chi connectivity index (χ4v) is 3.33. The van der Waals surface area contributed by atoms with Gasteiger partial charge in [0.2, 0.25) is 0 Å². The van der Waals surface area contributed by atoms with Gasteiger partial charge in [-0.1, -0.05) is 11.6 Å². The van der Waals surface area contributed by atoms with E-state index >= 15 is 0 Å². The van der Waals surface area contributed by atoms with Crippen LogP contribution in [0.5, 0.6) is 5.75 Å². The molecule has 4 heteroatoms. The summed E-state index contributed by atoms with van der Waals surface area (Å²) in [7, 11) is 2.15. The van der Waals surface area contributed by atoms with Crippen molar-refractivity contribution >= 4 is 11.6 Å². The molecule has 104 valence electrons. The highest BCUT2D eigenvalue weighted by Crippen LogP contribution is 2.37. The van der Waals surface area contributed by atoms with Gasteiger partial charge < -0.3 is 10.5 Å². The summed E-state index contributed by atoms with van der Waals surface area (Å²) in [5.74, 6) is 1.82. The van der Waals surface area contributed by atoms with Crippen molar-refractivity contribution in [3.05, 3.63) is 28.3 Å². The second-order valence-electron chi connectivity index (χ2n) is 5.71. The van der Waals surface area contributed by atoms with E-state index < -0.39 is 0 Å². The van der Waals surface area contributed by atoms with Crippen LogP contribution in [0.4, 0.5) is 0 Å². The normalized spacial score (nSPS) is 19.4. The molecule has 0 spiro atoms. The van der Waals surface area contributed by atoms with Crippen molar-refractivity contribution in [2.24, 2.45) is 11.7 Å².